The number of benzene rings is 2. The van der Waals surface area contributed by atoms with Crippen molar-refractivity contribution in [2.75, 3.05) is 13.2 Å². The van der Waals surface area contributed by atoms with Gasteiger partial charge in [-0.2, -0.15) is 0 Å². The molecule has 5 heteroatoms. The Morgan fingerprint density at radius 1 is 1.09 bits per heavy atom. The summed E-state index contributed by atoms with van der Waals surface area (Å²) in [5.74, 6) is -0.0737. The van der Waals surface area contributed by atoms with Gasteiger partial charge in [0, 0.05) is 12.3 Å². The van der Waals surface area contributed by atoms with Gasteiger partial charge in [-0.3, -0.25) is 4.79 Å². The zero-order valence-electron chi connectivity index (χ0n) is 12.5. The quantitative estimate of drug-likeness (QED) is 0.648. The van der Waals surface area contributed by atoms with Crippen LogP contribution in [0.25, 0.3) is 10.8 Å². The van der Waals surface area contributed by atoms with Crippen LogP contribution in [0.3, 0.4) is 0 Å². The van der Waals surface area contributed by atoms with Gasteiger partial charge >= 0.3 is 0 Å². The zero-order valence-corrected chi connectivity index (χ0v) is 12.5. The topological polar surface area (TPSA) is 89.8 Å². The lowest BCUT2D eigenvalue weighted by Gasteiger charge is -2.30. The van der Waals surface area contributed by atoms with Crippen molar-refractivity contribution < 1.29 is 20.1 Å². The number of fused-ring (bicyclic) bond motifs is 1. The predicted octanol–water partition coefficient (Wildman–Crippen LogP) is 1.34. The first-order valence-electron chi connectivity index (χ1n) is 7.21. The fourth-order valence-electron chi connectivity index (χ4n) is 2.66. The van der Waals surface area contributed by atoms with Crippen molar-refractivity contribution >= 4 is 16.7 Å². The van der Waals surface area contributed by atoms with Crippen molar-refractivity contribution in [1.82, 2.24) is 5.32 Å². The minimum absolute atomic E-state index is 0.219. The summed E-state index contributed by atoms with van der Waals surface area (Å²) in [7, 11) is 0. The molecule has 0 aromatic heterocycles. The lowest BCUT2D eigenvalue weighted by atomic mass is 9.90. The smallest absolute Gasteiger partial charge is 0.217 e. The standard InChI is InChI=1S/C17H21NO4/c1-12(21)18-17(10-19,11-20)9-8-13-6-7-16(22)15-5-3-2-4-14(13)15/h2-7,19-20,22H,8-11H2,1H3,(H,18,21). The molecule has 0 radical (unpaired) electrons. The van der Waals surface area contributed by atoms with Crippen LogP contribution in [0.5, 0.6) is 5.75 Å². The highest BCUT2D eigenvalue weighted by molar-refractivity contribution is 5.90. The highest BCUT2D eigenvalue weighted by atomic mass is 16.3. The zero-order chi connectivity index (χ0) is 16.2. The second-order valence-corrected chi connectivity index (χ2v) is 5.57. The molecule has 0 aliphatic heterocycles. The van der Waals surface area contributed by atoms with E-state index in [1.54, 1.807) is 6.07 Å². The number of hydrogen-bond donors (Lipinski definition) is 4. The van der Waals surface area contributed by atoms with E-state index < -0.39 is 5.54 Å². The minimum atomic E-state index is -1.04. The first kappa shape index (κ1) is 16.3. The van der Waals surface area contributed by atoms with Crippen LogP contribution >= 0.6 is 0 Å². The molecule has 22 heavy (non-hydrogen) atoms. The Morgan fingerprint density at radius 2 is 1.73 bits per heavy atom. The van der Waals surface area contributed by atoms with E-state index in [4.69, 9.17) is 0 Å². The van der Waals surface area contributed by atoms with Gasteiger partial charge in [-0.1, -0.05) is 30.3 Å². The maximum Gasteiger partial charge on any atom is 0.217 e. The van der Waals surface area contributed by atoms with E-state index in [9.17, 15) is 20.1 Å². The Morgan fingerprint density at radius 3 is 2.32 bits per heavy atom. The molecule has 2 aromatic carbocycles. The first-order valence-corrected chi connectivity index (χ1v) is 7.21. The summed E-state index contributed by atoms with van der Waals surface area (Å²) in [4.78, 5) is 11.3. The van der Waals surface area contributed by atoms with Gasteiger partial charge in [-0.25, -0.2) is 0 Å². The molecular formula is C17H21NO4. The van der Waals surface area contributed by atoms with E-state index in [1.807, 2.05) is 30.3 Å². The van der Waals surface area contributed by atoms with Gasteiger partial charge in [-0.15, -0.1) is 0 Å². The molecule has 2 rings (SSSR count). The Hall–Kier alpha value is -2.11. The van der Waals surface area contributed by atoms with Gasteiger partial charge in [0.15, 0.2) is 0 Å². The molecule has 5 nitrogen and oxygen atoms in total. The van der Waals surface area contributed by atoms with Gasteiger partial charge in [-0.05, 0) is 29.9 Å². The number of hydrogen-bond acceptors (Lipinski definition) is 4. The van der Waals surface area contributed by atoms with Gasteiger partial charge < -0.3 is 20.6 Å². The summed E-state index contributed by atoms with van der Waals surface area (Å²) in [5, 5.41) is 33.3. The SMILES string of the molecule is CC(=O)NC(CO)(CO)CCc1ccc(O)c2ccccc12. The number of rotatable bonds is 6. The van der Waals surface area contributed by atoms with E-state index in [0.717, 1.165) is 16.3 Å². The van der Waals surface area contributed by atoms with E-state index in [1.165, 1.54) is 6.92 Å². The molecule has 0 spiro atoms. The van der Waals surface area contributed by atoms with Crippen molar-refractivity contribution in [2.24, 2.45) is 0 Å². The fraction of sp³-hybridized carbons (Fsp3) is 0.353. The number of aliphatic hydroxyl groups excluding tert-OH is 2. The van der Waals surface area contributed by atoms with E-state index in [2.05, 4.69) is 5.32 Å². The first-order chi connectivity index (χ1) is 10.5. The molecule has 118 valence electrons. The summed E-state index contributed by atoms with van der Waals surface area (Å²) in [6.07, 6.45) is 0.955. The lowest BCUT2D eigenvalue weighted by Crippen LogP contribution is -2.53. The molecule has 0 saturated heterocycles. The van der Waals surface area contributed by atoms with Gasteiger partial charge in [0.25, 0.3) is 0 Å². The summed E-state index contributed by atoms with van der Waals surface area (Å²) >= 11 is 0. The summed E-state index contributed by atoms with van der Waals surface area (Å²) in [6, 6.07) is 11.0. The number of aromatic hydroxyl groups is 1. The van der Waals surface area contributed by atoms with Gasteiger partial charge in [0.05, 0.1) is 18.8 Å². The van der Waals surface area contributed by atoms with Crippen LogP contribution in [0.15, 0.2) is 36.4 Å². The normalized spacial score (nSPS) is 11.6. The van der Waals surface area contributed by atoms with Crippen molar-refractivity contribution in [3.8, 4) is 5.75 Å². The minimum Gasteiger partial charge on any atom is -0.507 e. The average Bonchev–Trinajstić information content (AvgIpc) is 2.53. The van der Waals surface area contributed by atoms with Crippen molar-refractivity contribution in [3.63, 3.8) is 0 Å². The summed E-state index contributed by atoms with van der Waals surface area (Å²) in [5.41, 5.74) is -0.0461. The fourth-order valence-corrected chi connectivity index (χ4v) is 2.66. The molecule has 1 amide bonds. The van der Waals surface area contributed by atoms with Crippen LogP contribution < -0.4 is 5.32 Å². The highest BCUT2D eigenvalue weighted by Gasteiger charge is 2.29. The van der Waals surface area contributed by atoms with Crippen LogP contribution in [0.2, 0.25) is 0 Å². The Kier molecular flexibility index (Phi) is 5.00. The molecule has 0 saturated carbocycles. The maximum absolute atomic E-state index is 11.3. The van der Waals surface area contributed by atoms with Crippen molar-refractivity contribution in [1.29, 1.82) is 0 Å². The van der Waals surface area contributed by atoms with Gasteiger partial charge in [0.1, 0.15) is 5.75 Å². The number of aliphatic hydroxyl groups is 2. The molecule has 0 bridgehead atoms. The number of nitrogens with one attached hydrogen (secondary N) is 1. The monoisotopic (exact) mass is 303 g/mol. The van der Waals surface area contributed by atoms with Crippen LogP contribution in [-0.2, 0) is 11.2 Å². The number of phenolic OH excluding ortho intramolecular Hbond substituents is 1. The molecule has 0 fully saturated rings. The molecule has 0 aliphatic rings. The number of aryl methyl sites for hydroxylation is 1. The van der Waals surface area contributed by atoms with E-state index in [0.29, 0.717) is 12.8 Å². The molecule has 4 N–H and O–H groups in total. The van der Waals surface area contributed by atoms with Crippen molar-refractivity contribution in [2.45, 2.75) is 25.3 Å². The third-order valence-electron chi connectivity index (χ3n) is 3.91. The Balaban J connectivity index is 2.27. The molecule has 2 aromatic rings. The largest absolute Gasteiger partial charge is 0.507 e. The molecule has 0 unspecified atom stereocenters. The number of phenols is 1. The third kappa shape index (κ3) is 3.37. The van der Waals surface area contributed by atoms with Crippen LogP contribution in [-0.4, -0.2) is 40.0 Å². The summed E-state index contributed by atoms with van der Waals surface area (Å²) < 4.78 is 0. The van der Waals surface area contributed by atoms with E-state index in [-0.39, 0.29) is 24.9 Å². The maximum atomic E-state index is 11.3. The van der Waals surface area contributed by atoms with Crippen molar-refractivity contribution in [3.05, 3.63) is 42.0 Å². The molecule has 0 heterocycles. The second kappa shape index (κ2) is 6.77. The summed E-state index contributed by atoms with van der Waals surface area (Å²) in [6.45, 7) is 0.689. The highest BCUT2D eigenvalue weighted by Crippen LogP contribution is 2.29. The number of amides is 1. The van der Waals surface area contributed by atoms with Crippen LogP contribution in [0.4, 0.5) is 0 Å². The number of carbonyl (C=O) groups is 1. The molecular weight excluding hydrogens is 282 g/mol. The lowest BCUT2D eigenvalue weighted by molar-refractivity contribution is -0.122. The molecule has 0 aliphatic carbocycles. The second-order valence-electron chi connectivity index (χ2n) is 5.57. The van der Waals surface area contributed by atoms with Gasteiger partial charge in [0.2, 0.25) is 5.91 Å². The Bertz CT molecular complexity index is 665. The van der Waals surface area contributed by atoms with E-state index >= 15 is 0 Å². The number of carbonyl (C=O) groups excluding carboxylic acids is 1. The predicted molar refractivity (Wildman–Crippen MR) is 84.7 cm³/mol. The van der Waals surface area contributed by atoms with Crippen LogP contribution in [0.1, 0.15) is 18.9 Å². The Labute approximate surface area is 129 Å². The third-order valence-corrected chi connectivity index (χ3v) is 3.91. The average molecular weight is 303 g/mol. The van der Waals surface area contributed by atoms with Crippen LogP contribution in [0, 0.1) is 0 Å². The molecule has 0 atom stereocenters.